The fourth-order valence-electron chi connectivity index (χ4n) is 1.83. The van der Waals surface area contributed by atoms with Crippen LogP contribution in [0.5, 0.6) is 17.2 Å². The van der Waals surface area contributed by atoms with Crippen molar-refractivity contribution in [2.24, 2.45) is 0 Å². The average Bonchev–Trinajstić information content (AvgIpc) is 2.31. The van der Waals surface area contributed by atoms with Crippen LogP contribution in [-0.2, 0) is 0 Å². The number of hydrogen-bond acceptors (Lipinski definition) is 4. The van der Waals surface area contributed by atoms with Gasteiger partial charge in [-0.15, -0.1) is 0 Å². The molecule has 0 fully saturated rings. The molecule has 6 heteroatoms. The Labute approximate surface area is 124 Å². The molecule has 5 nitrogen and oxygen atoms in total. The Morgan fingerprint density at radius 3 is 2.50 bits per heavy atom. The molecule has 2 rings (SSSR count). The van der Waals surface area contributed by atoms with Gasteiger partial charge in [0.15, 0.2) is 0 Å². The molecule has 0 unspecified atom stereocenters. The maximum Gasteiger partial charge on any atom is 0.273 e. The lowest BCUT2D eigenvalue weighted by atomic mass is 10.2. The number of benzene rings is 2. The van der Waals surface area contributed by atoms with Gasteiger partial charge in [-0.05, 0) is 53.5 Å². The highest BCUT2D eigenvalue weighted by atomic mass is 79.9. The van der Waals surface area contributed by atoms with Crippen molar-refractivity contribution in [3.63, 3.8) is 0 Å². The topological polar surface area (TPSA) is 72.6 Å². The molecule has 20 heavy (non-hydrogen) atoms. The van der Waals surface area contributed by atoms with Crippen LogP contribution in [0.25, 0.3) is 0 Å². The van der Waals surface area contributed by atoms with Gasteiger partial charge in [0.05, 0.1) is 9.40 Å². The quantitative estimate of drug-likeness (QED) is 0.662. The van der Waals surface area contributed by atoms with E-state index in [4.69, 9.17) is 4.74 Å². The van der Waals surface area contributed by atoms with E-state index >= 15 is 0 Å². The zero-order valence-electron chi connectivity index (χ0n) is 10.9. The number of phenolic OH excluding ortho intramolecular Hbond substituents is 1. The van der Waals surface area contributed by atoms with Gasteiger partial charge in [0.1, 0.15) is 17.2 Å². The molecule has 0 aliphatic heterocycles. The van der Waals surface area contributed by atoms with Crippen LogP contribution >= 0.6 is 15.9 Å². The second-order valence-electron chi connectivity index (χ2n) is 4.43. The molecular formula is C14H12BrNO4. The van der Waals surface area contributed by atoms with Crippen LogP contribution in [0.4, 0.5) is 5.69 Å². The number of nitro groups is 1. The van der Waals surface area contributed by atoms with E-state index in [2.05, 4.69) is 15.9 Å². The largest absolute Gasteiger partial charge is 0.508 e. The number of aryl methyl sites for hydroxylation is 2. The smallest absolute Gasteiger partial charge is 0.273 e. The molecular weight excluding hydrogens is 326 g/mol. The van der Waals surface area contributed by atoms with E-state index in [1.165, 1.54) is 12.1 Å². The van der Waals surface area contributed by atoms with Gasteiger partial charge in [0.25, 0.3) is 5.69 Å². The van der Waals surface area contributed by atoms with Gasteiger partial charge in [-0.1, -0.05) is 0 Å². The van der Waals surface area contributed by atoms with E-state index in [1.54, 1.807) is 25.1 Å². The molecule has 0 aromatic heterocycles. The maximum atomic E-state index is 10.8. The SMILES string of the molecule is Cc1cc(O)cc(Oc2cc(C)c([N+](=O)[O-])cc2Br)c1. The zero-order valence-corrected chi connectivity index (χ0v) is 12.5. The molecule has 1 N–H and O–H groups in total. The van der Waals surface area contributed by atoms with Gasteiger partial charge < -0.3 is 9.84 Å². The second-order valence-corrected chi connectivity index (χ2v) is 5.29. The molecule has 0 bridgehead atoms. The summed E-state index contributed by atoms with van der Waals surface area (Å²) in [5.74, 6) is 1.03. The van der Waals surface area contributed by atoms with Crippen LogP contribution in [0.1, 0.15) is 11.1 Å². The Hall–Kier alpha value is -2.08. The number of nitrogens with zero attached hydrogens (tertiary/aromatic N) is 1. The Bertz CT molecular complexity index is 665. The first-order valence-electron chi connectivity index (χ1n) is 5.80. The van der Waals surface area contributed by atoms with Crippen LogP contribution in [0.15, 0.2) is 34.8 Å². The summed E-state index contributed by atoms with van der Waals surface area (Å²) in [6.45, 7) is 3.48. The van der Waals surface area contributed by atoms with Gasteiger partial charge in [-0.25, -0.2) is 0 Å². The molecule has 0 aliphatic carbocycles. The standard InChI is InChI=1S/C14H12BrNO4/c1-8-3-10(17)6-11(4-8)20-14-5-9(2)13(16(18)19)7-12(14)15/h3-7,17H,1-2H3. The minimum absolute atomic E-state index is 0.0244. The molecule has 2 aromatic carbocycles. The van der Waals surface area contributed by atoms with E-state index in [0.29, 0.717) is 21.5 Å². The minimum Gasteiger partial charge on any atom is -0.508 e. The zero-order chi connectivity index (χ0) is 14.9. The van der Waals surface area contributed by atoms with Crippen molar-refractivity contribution in [1.29, 1.82) is 0 Å². The maximum absolute atomic E-state index is 10.8. The third-order valence-electron chi connectivity index (χ3n) is 2.71. The monoisotopic (exact) mass is 337 g/mol. The summed E-state index contributed by atoms with van der Waals surface area (Å²) in [7, 11) is 0. The molecule has 0 aliphatic rings. The Balaban J connectivity index is 2.39. The molecule has 104 valence electrons. The van der Waals surface area contributed by atoms with Crippen molar-refractivity contribution in [2.75, 3.05) is 0 Å². The molecule has 0 spiro atoms. The molecule has 0 saturated heterocycles. The van der Waals surface area contributed by atoms with E-state index in [9.17, 15) is 15.2 Å². The van der Waals surface area contributed by atoms with Crippen molar-refractivity contribution in [1.82, 2.24) is 0 Å². The lowest BCUT2D eigenvalue weighted by molar-refractivity contribution is -0.385. The van der Waals surface area contributed by atoms with Crippen molar-refractivity contribution in [2.45, 2.75) is 13.8 Å². The fraction of sp³-hybridized carbons (Fsp3) is 0.143. The second kappa shape index (κ2) is 5.50. The number of rotatable bonds is 3. The first kappa shape index (κ1) is 14.3. The first-order valence-corrected chi connectivity index (χ1v) is 6.59. The number of halogens is 1. The van der Waals surface area contributed by atoms with Crippen molar-refractivity contribution < 1.29 is 14.8 Å². The summed E-state index contributed by atoms with van der Waals surface area (Å²) in [6, 6.07) is 7.85. The van der Waals surface area contributed by atoms with Gasteiger partial charge in [-0.2, -0.15) is 0 Å². The summed E-state index contributed by atoms with van der Waals surface area (Å²) < 4.78 is 6.14. The Kier molecular flexibility index (Phi) is 3.94. The highest BCUT2D eigenvalue weighted by molar-refractivity contribution is 9.10. The minimum atomic E-state index is -0.442. The van der Waals surface area contributed by atoms with Crippen molar-refractivity contribution in [3.8, 4) is 17.2 Å². The number of hydrogen-bond donors (Lipinski definition) is 1. The number of nitro benzene ring substituents is 1. The predicted molar refractivity (Wildman–Crippen MR) is 78.5 cm³/mol. The third-order valence-corrected chi connectivity index (χ3v) is 3.33. The van der Waals surface area contributed by atoms with Crippen LogP contribution in [0, 0.1) is 24.0 Å². The van der Waals surface area contributed by atoms with E-state index in [1.807, 2.05) is 6.92 Å². The highest BCUT2D eigenvalue weighted by Crippen LogP contribution is 2.36. The van der Waals surface area contributed by atoms with Crippen LogP contribution in [-0.4, -0.2) is 10.0 Å². The van der Waals surface area contributed by atoms with E-state index in [0.717, 1.165) is 5.56 Å². The first-order chi connectivity index (χ1) is 9.36. The van der Waals surface area contributed by atoms with Crippen LogP contribution in [0.2, 0.25) is 0 Å². The Morgan fingerprint density at radius 1 is 1.20 bits per heavy atom. The molecule has 0 radical (unpaired) electrons. The summed E-state index contributed by atoms with van der Waals surface area (Å²) in [6.07, 6.45) is 0. The molecule has 0 saturated carbocycles. The van der Waals surface area contributed by atoms with Crippen LogP contribution < -0.4 is 4.74 Å². The van der Waals surface area contributed by atoms with E-state index < -0.39 is 4.92 Å². The number of phenols is 1. The van der Waals surface area contributed by atoms with E-state index in [-0.39, 0.29) is 11.4 Å². The summed E-state index contributed by atoms with van der Waals surface area (Å²) in [4.78, 5) is 10.4. The number of ether oxygens (including phenoxy) is 1. The Morgan fingerprint density at radius 2 is 1.90 bits per heavy atom. The van der Waals surface area contributed by atoms with Gasteiger partial charge in [0.2, 0.25) is 0 Å². The van der Waals surface area contributed by atoms with Crippen molar-refractivity contribution in [3.05, 3.63) is 56.0 Å². The summed E-state index contributed by atoms with van der Waals surface area (Å²) >= 11 is 3.25. The van der Waals surface area contributed by atoms with Gasteiger partial charge >= 0.3 is 0 Å². The highest BCUT2D eigenvalue weighted by Gasteiger charge is 2.15. The van der Waals surface area contributed by atoms with Gasteiger partial charge in [-0.3, -0.25) is 10.1 Å². The number of aromatic hydroxyl groups is 1. The molecule has 0 atom stereocenters. The summed E-state index contributed by atoms with van der Waals surface area (Å²) in [5, 5.41) is 20.4. The van der Waals surface area contributed by atoms with Crippen LogP contribution in [0.3, 0.4) is 0 Å². The molecule has 2 aromatic rings. The van der Waals surface area contributed by atoms with Crippen molar-refractivity contribution >= 4 is 21.6 Å². The molecule has 0 amide bonds. The fourth-order valence-corrected chi connectivity index (χ4v) is 2.25. The lowest BCUT2D eigenvalue weighted by Gasteiger charge is -2.10. The lowest BCUT2D eigenvalue weighted by Crippen LogP contribution is -1.94. The van der Waals surface area contributed by atoms with Gasteiger partial charge in [0, 0.05) is 17.7 Å². The normalized spacial score (nSPS) is 10.3. The average molecular weight is 338 g/mol. The molecule has 0 heterocycles. The third kappa shape index (κ3) is 3.08. The predicted octanol–water partition coefficient (Wildman–Crippen LogP) is 4.47. The summed E-state index contributed by atoms with van der Waals surface area (Å²) in [5.41, 5.74) is 1.39.